The Morgan fingerprint density at radius 1 is 1.09 bits per heavy atom. The standard InChI is InChI=1S/C15H13ClO5S/c1-20-12-5-3-4-6-13(12)21-15(17)10-7-8-11(16)14(9-10)22(2,18)19/h3-9H,1-2H3. The first-order chi connectivity index (χ1) is 10.3. The first kappa shape index (κ1) is 16.3. The summed E-state index contributed by atoms with van der Waals surface area (Å²) in [7, 11) is -2.08. The molecular formula is C15H13ClO5S. The fourth-order valence-electron chi connectivity index (χ4n) is 1.78. The van der Waals surface area contributed by atoms with Gasteiger partial charge in [0.25, 0.3) is 0 Å². The summed E-state index contributed by atoms with van der Waals surface area (Å²) in [6, 6.07) is 10.6. The maximum Gasteiger partial charge on any atom is 0.343 e. The molecule has 7 heteroatoms. The van der Waals surface area contributed by atoms with Gasteiger partial charge in [0.2, 0.25) is 0 Å². The summed E-state index contributed by atoms with van der Waals surface area (Å²) in [5.74, 6) is -0.0647. The minimum absolute atomic E-state index is 0.0522. The number of esters is 1. The molecule has 2 rings (SSSR count). The lowest BCUT2D eigenvalue weighted by Gasteiger charge is -2.09. The van der Waals surface area contributed by atoms with Gasteiger partial charge in [-0.2, -0.15) is 0 Å². The van der Waals surface area contributed by atoms with Crippen molar-refractivity contribution in [1.82, 2.24) is 0 Å². The number of benzene rings is 2. The fraction of sp³-hybridized carbons (Fsp3) is 0.133. The molecule has 0 unspecified atom stereocenters. The van der Waals surface area contributed by atoms with Gasteiger partial charge in [-0.05, 0) is 30.3 Å². The van der Waals surface area contributed by atoms with E-state index >= 15 is 0 Å². The van der Waals surface area contributed by atoms with Crippen molar-refractivity contribution in [2.75, 3.05) is 13.4 Å². The van der Waals surface area contributed by atoms with Crippen LogP contribution in [0.1, 0.15) is 10.4 Å². The summed E-state index contributed by atoms with van der Waals surface area (Å²) in [6.45, 7) is 0. The number of methoxy groups -OCH3 is 1. The maximum atomic E-state index is 12.2. The number of carbonyl (C=O) groups is 1. The van der Waals surface area contributed by atoms with Crippen LogP contribution in [0, 0.1) is 0 Å². The number of rotatable bonds is 4. The smallest absolute Gasteiger partial charge is 0.343 e. The largest absolute Gasteiger partial charge is 0.493 e. The number of halogens is 1. The minimum Gasteiger partial charge on any atom is -0.493 e. The topological polar surface area (TPSA) is 69.7 Å². The van der Waals surface area contributed by atoms with Crippen molar-refractivity contribution in [2.24, 2.45) is 0 Å². The quantitative estimate of drug-likeness (QED) is 0.632. The normalized spacial score (nSPS) is 11.0. The van der Waals surface area contributed by atoms with Crippen molar-refractivity contribution in [3.63, 3.8) is 0 Å². The van der Waals surface area contributed by atoms with E-state index in [9.17, 15) is 13.2 Å². The predicted octanol–water partition coefficient (Wildman–Crippen LogP) is 2.97. The summed E-state index contributed by atoms with van der Waals surface area (Å²) in [4.78, 5) is 12.0. The van der Waals surface area contributed by atoms with Crippen LogP contribution < -0.4 is 9.47 Å². The van der Waals surface area contributed by atoms with E-state index < -0.39 is 15.8 Å². The van der Waals surface area contributed by atoms with E-state index in [1.165, 1.54) is 25.3 Å². The molecule has 0 fully saturated rings. The van der Waals surface area contributed by atoms with Crippen LogP contribution in [0.4, 0.5) is 0 Å². The summed E-state index contributed by atoms with van der Waals surface area (Å²) in [5.41, 5.74) is 0.0794. The zero-order chi connectivity index (χ0) is 16.3. The van der Waals surface area contributed by atoms with E-state index in [2.05, 4.69) is 0 Å². The lowest BCUT2D eigenvalue weighted by atomic mass is 10.2. The molecule has 0 heterocycles. The van der Waals surface area contributed by atoms with Crippen LogP contribution in [0.25, 0.3) is 0 Å². The Labute approximate surface area is 133 Å². The molecule has 0 atom stereocenters. The second-order valence-electron chi connectivity index (χ2n) is 4.46. The SMILES string of the molecule is COc1ccccc1OC(=O)c1ccc(Cl)c(S(C)(=O)=O)c1. The third-order valence-electron chi connectivity index (χ3n) is 2.84. The Balaban J connectivity index is 2.35. The van der Waals surface area contributed by atoms with Gasteiger partial charge in [0, 0.05) is 6.26 Å². The van der Waals surface area contributed by atoms with Crippen LogP contribution in [-0.4, -0.2) is 27.8 Å². The second kappa shape index (κ2) is 6.37. The lowest BCUT2D eigenvalue weighted by Crippen LogP contribution is -2.10. The van der Waals surface area contributed by atoms with Crippen LogP contribution in [0.5, 0.6) is 11.5 Å². The van der Waals surface area contributed by atoms with Gasteiger partial charge in [0.05, 0.1) is 22.6 Å². The molecule has 0 amide bonds. The predicted molar refractivity (Wildman–Crippen MR) is 82.5 cm³/mol. The molecule has 0 bridgehead atoms. The van der Waals surface area contributed by atoms with E-state index in [0.717, 1.165) is 6.26 Å². The molecule has 0 radical (unpaired) electrons. The fourth-order valence-corrected chi connectivity index (χ4v) is 3.08. The average Bonchev–Trinajstić information content (AvgIpc) is 2.47. The number of hydrogen-bond acceptors (Lipinski definition) is 5. The van der Waals surface area contributed by atoms with E-state index in [-0.39, 0.29) is 21.2 Å². The highest BCUT2D eigenvalue weighted by Gasteiger charge is 2.18. The third-order valence-corrected chi connectivity index (χ3v) is 4.42. The molecule has 22 heavy (non-hydrogen) atoms. The highest BCUT2D eigenvalue weighted by molar-refractivity contribution is 7.90. The molecule has 0 N–H and O–H groups in total. The Bertz CT molecular complexity index is 814. The summed E-state index contributed by atoms with van der Waals surface area (Å²) >= 11 is 5.84. The Morgan fingerprint density at radius 2 is 1.73 bits per heavy atom. The zero-order valence-corrected chi connectivity index (χ0v) is 13.4. The van der Waals surface area contributed by atoms with Crippen LogP contribution in [0.3, 0.4) is 0 Å². The van der Waals surface area contributed by atoms with Crippen molar-refractivity contribution in [1.29, 1.82) is 0 Å². The molecule has 0 aromatic heterocycles. The second-order valence-corrected chi connectivity index (χ2v) is 6.85. The van der Waals surface area contributed by atoms with Gasteiger partial charge in [-0.3, -0.25) is 0 Å². The third kappa shape index (κ3) is 3.58. The minimum atomic E-state index is -3.54. The number of carbonyl (C=O) groups excluding carboxylic acids is 1. The lowest BCUT2D eigenvalue weighted by molar-refractivity contribution is 0.0729. The van der Waals surface area contributed by atoms with Crippen molar-refractivity contribution >= 4 is 27.4 Å². The van der Waals surface area contributed by atoms with E-state index in [0.29, 0.717) is 5.75 Å². The molecule has 0 aliphatic carbocycles. The summed E-state index contributed by atoms with van der Waals surface area (Å²) in [5, 5.41) is 0.0522. The van der Waals surface area contributed by atoms with Crippen molar-refractivity contribution in [3.05, 3.63) is 53.1 Å². The van der Waals surface area contributed by atoms with Crippen molar-refractivity contribution in [3.8, 4) is 11.5 Å². The molecule has 0 saturated heterocycles. The molecule has 0 aliphatic heterocycles. The van der Waals surface area contributed by atoms with Gasteiger partial charge in [0.15, 0.2) is 21.3 Å². The number of para-hydroxylation sites is 2. The van der Waals surface area contributed by atoms with Gasteiger partial charge in [-0.1, -0.05) is 23.7 Å². The number of sulfone groups is 1. The van der Waals surface area contributed by atoms with Crippen molar-refractivity contribution < 1.29 is 22.7 Å². The Morgan fingerprint density at radius 3 is 2.32 bits per heavy atom. The Kier molecular flexibility index (Phi) is 4.73. The molecular weight excluding hydrogens is 328 g/mol. The van der Waals surface area contributed by atoms with Gasteiger partial charge in [-0.25, -0.2) is 13.2 Å². The van der Waals surface area contributed by atoms with E-state index in [4.69, 9.17) is 21.1 Å². The van der Waals surface area contributed by atoms with E-state index in [1.807, 2.05) is 0 Å². The molecule has 0 spiro atoms. The van der Waals surface area contributed by atoms with Gasteiger partial charge >= 0.3 is 5.97 Å². The monoisotopic (exact) mass is 340 g/mol. The number of ether oxygens (including phenoxy) is 2. The van der Waals surface area contributed by atoms with Gasteiger partial charge < -0.3 is 9.47 Å². The van der Waals surface area contributed by atoms with Crippen LogP contribution in [0.15, 0.2) is 47.4 Å². The van der Waals surface area contributed by atoms with Crippen molar-refractivity contribution in [2.45, 2.75) is 4.90 Å². The average molecular weight is 341 g/mol. The highest BCUT2D eigenvalue weighted by Crippen LogP contribution is 2.28. The first-order valence-corrected chi connectivity index (χ1v) is 8.44. The van der Waals surface area contributed by atoms with Crippen LogP contribution in [0.2, 0.25) is 5.02 Å². The summed E-state index contributed by atoms with van der Waals surface area (Å²) in [6.07, 6.45) is 1.02. The molecule has 5 nitrogen and oxygen atoms in total. The van der Waals surface area contributed by atoms with Gasteiger partial charge in [0.1, 0.15) is 0 Å². The van der Waals surface area contributed by atoms with Gasteiger partial charge in [-0.15, -0.1) is 0 Å². The van der Waals surface area contributed by atoms with Crippen LogP contribution >= 0.6 is 11.6 Å². The maximum absolute atomic E-state index is 12.2. The first-order valence-electron chi connectivity index (χ1n) is 6.17. The Hall–Kier alpha value is -2.05. The van der Waals surface area contributed by atoms with Crippen LogP contribution in [-0.2, 0) is 9.84 Å². The number of hydrogen-bond donors (Lipinski definition) is 0. The summed E-state index contributed by atoms with van der Waals surface area (Å²) < 4.78 is 33.6. The zero-order valence-electron chi connectivity index (χ0n) is 11.9. The highest BCUT2D eigenvalue weighted by atomic mass is 35.5. The molecule has 0 saturated carbocycles. The molecule has 2 aromatic carbocycles. The molecule has 116 valence electrons. The molecule has 0 aliphatic rings. The van der Waals surface area contributed by atoms with E-state index in [1.54, 1.807) is 24.3 Å². The molecule has 2 aromatic rings.